The van der Waals surface area contributed by atoms with Crippen molar-refractivity contribution in [3.05, 3.63) is 22.9 Å². The van der Waals surface area contributed by atoms with Gasteiger partial charge in [0.1, 0.15) is 5.82 Å². The largest absolute Gasteiger partial charge is 0.369 e. The molecule has 0 radical (unpaired) electrons. The molecule has 7 heteroatoms. The van der Waals surface area contributed by atoms with Crippen molar-refractivity contribution in [2.45, 2.75) is 57.9 Å². The number of aromatic nitrogens is 2. The van der Waals surface area contributed by atoms with Crippen LogP contribution in [-0.4, -0.2) is 46.5 Å². The first-order valence-electron chi connectivity index (χ1n) is 9.66. The van der Waals surface area contributed by atoms with Gasteiger partial charge >= 0.3 is 0 Å². The molecule has 0 aromatic carbocycles. The quantitative estimate of drug-likeness (QED) is 0.690. The molecule has 2 aliphatic rings. The molecule has 26 heavy (non-hydrogen) atoms. The second-order valence-corrected chi connectivity index (χ2v) is 7.25. The Morgan fingerprint density at radius 2 is 2.08 bits per heavy atom. The van der Waals surface area contributed by atoms with Crippen molar-refractivity contribution in [2.75, 3.05) is 30.7 Å². The number of rotatable bonds is 5. The average Bonchev–Trinajstić information content (AvgIpc) is 2.84. The van der Waals surface area contributed by atoms with Gasteiger partial charge in [0.15, 0.2) is 0 Å². The van der Waals surface area contributed by atoms with Crippen molar-refractivity contribution < 1.29 is 4.79 Å². The van der Waals surface area contributed by atoms with E-state index in [0.717, 1.165) is 36.5 Å². The summed E-state index contributed by atoms with van der Waals surface area (Å²) >= 11 is 0. The van der Waals surface area contributed by atoms with E-state index in [1.54, 1.807) is 6.92 Å². The van der Waals surface area contributed by atoms with Crippen LogP contribution in [0.4, 0.5) is 11.8 Å². The van der Waals surface area contributed by atoms with Gasteiger partial charge in [0.05, 0.1) is 11.7 Å². The van der Waals surface area contributed by atoms with Gasteiger partial charge in [-0.25, -0.2) is 4.98 Å². The maximum absolute atomic E-state index is 12.2. The number of anilines is 2. The van der Waals surface area contributed by atoms with Gasteiger partial charge in [-0.3, -0.25) is 4.79 Å². The summed E-state index contributed by atoms with van der Waals surface area (Å²) in [6.45, 7) is 3.83. The van der Waals surface area contributed by atoms with Crippen LogP contribution < -0.4 is 16.8 Å². The Balaban J connectivity index is 1.68. The molecule has 1 aromatic heterocycles. The number of nitrogens with zero attached hydrogens (tertiary/aromatic N) is 3. The lowest BCUT2D eigenvalue weighted by Gasteiger charge is -2.22. The van der Waals surface area contributed by atoms with Crippen LogP contribution in [0.2, 0.25) is 0 Å². The molecule has 0 bridgehead atoms. The maximum Gasteiger partial charge on any atom is 0.239 e. The zero-order valence-corrected chi connectivity index (χ0v) is 15.6. The van der Waals surface area contributed by atoms with E-state index in [2.05, 4.69) is 21.4 Å². The third-order valence-corrected chi connectivity index (χ3v) is 5.19. The zero-order valence-electron chi connectivity index (χ0n) is 15.6. The zero-order chi connectivity index (χ0) is 18.5. The molecule has 142 valence electrons. The van der Waals surface area contributed by atoms with E-state index in [9.17, 15) is 4.79 Å². The van der Waals surface area contributed by atoms with Crippen LogP contribution in [0.5, 0.6) is 0 Å². The van der Waals surface area contributed by atoms with E-state index in [1.165, 1.54) is 31.3 Å². The van der Waals surface area contributed by atoms with Crippen molar-refractivity contribution in [1.29, 1.82) is 0 Å². The predicted octanol–water partition coefficient (Wildman–Crippen LogP) is 1.64. The fourth-order valence-electron chi connectivity index (χ4n) is 3.75. The van der Waals surface area contributed by atoms with Crippen LogP contribution in [0.1, 0.15) is 50.3 Å². The maximum atomic E-state index is 12.2. The lowest BCUT2D eigenvalue weighted by molar-refractivity contribution is -0.132. The van der Waals surface area contributed by atoms with Crippen molar-refractivity contribution in [2.24, 2.45) is 5.73 Å². The Kier molecular flexibility index (Phi) is 6.08. The number of hydrogen-bond acceptors (Lipinski definition) is 6. The molecule has 5 N–H and O–H groups in total. The number of fused-ring (bicyclic) bond motifs is 1. The summed E-state index contributed by atoms with van der Waals surface area (Å²) in [7, 11) is 0. The molecule has 1 aliphatic carbocycles. The van der Waals surface area contributed by atoms with Gasteiger partial charge in [-0.2, -0.15) is 4.98 Å². The lowest BCUT2D eigenvalue weighted by Crippen LogP contribution is -2.43. The highest BCUT2D eigenvalue weighted by molar-refractivity contribution is 5.81. The monoisotopic (exact) mass is 358 g/mol. The van der Waals surface area contributed by atoms with E-state index in [-0.39, 0.29) is 11.9 Å². The second-order valence-electron chi connectivity index (χ2n) is 7.25. The smallest absolute Gasteiger partial charge is 0.239 e. The van der Waals surface area contributed by atoms with E-state index in [0.29, 0.717) is 19.5 Å². The van der Waals surface area contributed by atoms with Gasteiger partial charge in [-0.1, -0.05) is 11.6 Å². The first-order chi connectivity index (χ1) is 12.5. The first-order valence-corrected chi connectivity index (χ1v) is 9.66. The Morgan fingerprint density at radius 1 is 1.27 bits per heavy atom. The number of carbonyl (C=O) groups excluding carboxylic acids is 1. The Morgan fingerprint density at radius 3 is 2.81 bits per heavy atom. The molecule has 1 atom stereocenters. The molecule has 2 heterocycles. The summed E-state index contributed by atoms with van der Waals surface area (Å²) in [6, 6.07) is -0.478. The number of amides is 1. The highest BCUT2D eigenvalue weighted by Crippen LogP contribution is 2.24. The number of hydrogen-bond donors (Lipinski definition) is 3. The minimum atomic E-state index is -0.478. The first kappa shape index (κ1) is 18.6. The van der Waals surface area contributed by atoms with E-state index >= 15 is 0 Å². The standard InChI is InChI=1S/C19H30N6O/c1-13(20)18(26)25-11-8-15-16(9-12-25)23-19(21)24-17(15)22-10-7-14-5-3-2-4-6-14/h5,13H,2-4,6-12,20H2,1H3,(H3,21,22,23,24). The van der Waals surface area contributed by atoms with E-state index in [4.69, 9.17) is 11.5 Å². The average molecular weight is 358 g/mol. The number of nitrogens with two attached hydrogens (primary N) is 2. The van der Waals surface area contributed by atoms with Gasteiger partial charge in [0, 0.05) is 31.6 Å². The van der Waals surface area contributed by atoms with Gasteiger partial charge in [-0.15, -0.1) is 0 Å². The normalized spacial score (nSPS) is 18.5. The van der Waals surface area contributed by atoms with Crippen LogP contribution in [0.3, 0.4) is 0 Å². The van der Waals surface area contributed by atoms with Gasteiger partial charge in [0.2, 0.25) is 11.9 Å². The summed E-state index contributed by atoms with van der Waals surface area (Å²) in [6.07, 6.45) is 9.83. The number of allylic oxidation sites excluding steroid dienone is 1. The predicted molar refractivity (Wildman–Crippen MR) is 104 cm³/mol. The molecule has 0 spiro atoms. The van der Waals surface area contributed by atoms with Crippen LogP contribution in [0.15, 0.2) is 11.6 Å². The van der Waals surface area contributed by atoms with Gasteiger partial charge in [-0.05, 0) is 45.4 Å². The number of nitrogen functional groups attached to an aromatic ring is 1. The van der Waals surface area contributed by atoms with Crippen molar-refractivity contribution in [3.8, 4) is 0 Å². The highest BCUT2D eigenvalue weighted by Gasteiger charge is 2.24. The Bertz CT molecular complexity index is 685. The topological polar surface area (TPSA) is 110 Å². The van der Waals surface area contributed by atoms with Crippen molar-refractivity contribution in [1.82, 2.24) is 14.9 Å². The second kappa shape index (κ2) is 8.49. The van der Waals surface area contributed by atoms with Crippen LogP contribution in [0.25, 0.3) is 0 Å². The molecule has 1 aliphatic heterocycles. The van der Waals surface area contributed by atoms with E-state index < -0.39 is 6.04 Å². The third kappa shape index (κ3) is 4.52. The third-order valence-electron chi connectivity index (χ3n) is 5.19. The van der Waals surface area contributed by atoms with Gasteiger partial charge < -0.3 is 21.7 Å². The molecule has 3 rings (SSSR count). The molecular formula is C19H30N6O. The molecule has 1 aromatic rings. The molecular weight excluding hydrogens is 328 g/mol. The van der Waals surface area contributed by atoms with Gasteiger partial charge in [0.25, 0.3) is 0 Å². The number of carbonyl (C=O) groups is 1. The highest BCUT2D eigenvalue weighted by atomic mass is 16.2. The molecule has 0 fully saturated rings. The molecule has 0 saturated heterocycles. The minimum Gasteiger partial charge on any atom is -0.369 e. The SMILES string of the molecule is CC(N)C(=O)N1CCc2nc(N)nc(NCCC3=CCCCC3)c2CC1. The molecule has 7 nitrogen and oxygen atoms in total. The summed E-state index contributed by atoms with van der Waals surface area (Å²) in [5.41, 5.74) is 15.2. The molecule has 1 amide bonds. The summed E-state index contributed by atoms with van der Waals surface area (Å²) in [5.74, 6) is 1.09. The fourth-order valence-corrected chi connectivity index (χ4v) is 3.75. The summed E-state index contributed by atoms with van der Waals surface area (Å²) < 4.78 is 0. The van der Waals surface area contributed by atoms with Crippen LogP contribution in [0, 0.1) is 0 Å². The summed E-state index contributed by atoms with van der Waals surface area (Å²) in [5, 5.41) is 3.46. The summed E-state index contributed by atoms with van der Waals surface area (Å²) in [4.78, 5) is 22.9. The Hall–Kier alpha value is -2.15. The molecule has 1 unspecified atom stereocenters. The van der Waals surface area contributed by atoms with Crippen LogP contribution in [-0.2, 0) is 17.6 Å². The molecule has 0 saturated carbocycles. The van der Waals surface area contributed by atoms with Crippen molar-refractivity contribution >= 4 is 17.7 Å². The minimum absolute atomic E-state index is 0.0162. The van der Waals surface area contributed by atoms with Crippen molar-refractivity contribution in [3.63, 3.8) is 0 Å². The lowest BCUT2D eigenvalue weighted by atomic mass is 9.97. The van der Waals surface area contributed by atoms with E-state index in [1.807, 2.05) is 4.90 Å². The van der Waals surface area contributed by atoms with Crippen LogP contribution >= 0.6 is 0 Å². The number of nitrogens with one attached hydrogen (secondary N) is 1. The fraction of sp³-hybridized carbons (Fsp3) is 0.632. The Labute approximate surface area is 155 Å².